The van der Waals surface area contributed by atoms with E-state index in [2.05, 4.69) is 82.2 Å². The summed E-state index contributed by atoms with van der Waals surface area (Å²) in [5, 5.41) is 1.28. The molecule has 1 atom stereocenters. The van der Waals surface area contributed by atoms with Gasteiger partial charge in [-0.05, 0) is 70.7 Å². The van der Waals surface area contributed by atoms with Gasteiger partial charge in [-0.15, -0.1) is 0 Å². The molecule has 0 aromatic heterocycles. The van der Waals surface area contributed by atoms with Gasteiger partial charge in [-0.3, -0.25) is 0 Å². The summed E-state index contributed by atoms with van der Waals surface area (Å²) < 4.78 is 1.23. The third kappa shape index (κ3) is 2.66. The van der Waals surface area contributed by atoms with E-state index in [9.17, 15) is 0 Å². The van der Waals surface area contributed by atoms with Crippen molar-refractivity contribution in [3.05, 3.63) is 51.2 Å². The largest absolute Gasteiger partial charge is 0.378 e. The third-order valence-electron chi connectivity index (χ3n) is 4.45. The van der Waals surface area contributed by atoms with E-state index in [4.69, 9.17) is 10.7 Å². The Morgan fingerprint density at radius 2 is 1.52 bits per heavy atom. The molecule has 0 radical (unpaired) electrons. The van der Waals surface area contributed by atoms with Crippen LogP contribution in [0.5, 0.6) is 0 Å². The van der Waals surface area contributed by atoms with Crippen LogP contribution in [0.15, 0.2) is 35.2 Å². The lowest BCUT2D eigenvalue weighted by atomic mass is 9.98. The van der Waals surface area contributed by atoms with E-state index in [-0.39, 0.29) is 0 Å². The molecule has 0 bridgehead atoms. The molecule has 1 heterocycles. The van der Waals surface area contributed by atoms with Crippen molar-refractivity contribution in [1.82, 2.24) is 0 Å². The molecule has 2 nitrogen and oxygen atoms in total. The highest BCUT2D eigenvalue weighted by Gasteiger charge is 2.18. The number of aryl methyl sites for hydroxylation is 1. The second-order valence-corrected chi connectivity index (χ2v) is 8.80. The van der Waals surface area contributed by atoms with Crippen LogP contribution in [0.2, 0.25) is 0 Å². The van der Waals surface area contributed by atoms with Gasteiger partial charge in [0.15, 0.2) is 0 Å². The third-order valence-corrected chi connectivity index (χ3v) is 6.88. The molecule has 4 heteroatoms. The summed E-state index contributed by atoms with van der Waals surface area (Å²) in [4.78, 5) is 5.51. The minimum Gasteiger partial charge on any atom is -0.378 e. The smallest absolute Gasteiger partial charge is 0.0375 e. The summed E-state index contributed by atoms with van der Waals surface area (Å²) in [5.74, 6) is 0. The van der Waals surface area contributed by atoms with Crippen molar-refractivity contribution in [2.45, 2.75) is 18.7 Å². The zero-order valence-corrected chi connectivity index (χ0v) is 16.1. The molecular weight excluding hydrogens is 324 g/mol. The number of halogens is 1. The molecule has 122 valence electrons. The Hall–Kier alpha value is -1.45. The van der Waals surface area contributed by atoms with Crippen molar-refractivity contribution >= 4 is 37.3 Å². The fourth-order valence-electron chi connectivity index (χ4n) is 3.12. The number of benzene rings is 2. The molecule has 23 heavy (non-hydrogen) atoms. The van der Waals surface area contributed by atoms with E-state index in [0.29, 0.717) is 0 Å². The second-order valence-electron chi connectivity index (χ2n) is 6.49. The minimum absolute atomic E-state index is 0.427. The highest BCUT2D eigenvalue weighted by Crippen LogP contribution is 2.44. The molecule has 1 aliphatic heterocycles. The SMILES string of the molecule is CC1=c2ccc(N(C)C)cc2=S(Cl)c2cc(N(C)C)cc(C)c21. The van der Waals surface area contributed by atoms with Crippen molar-refractivity contribution in [1.29, 1.82) is 0 Å². The van der Waals surface area contributed by atoms with Gasteiger partial charge in [-0.1, -0.05) is 15.8 Å². The average Bonchev–Trinajstić information content (AvgIpc) is 2.51. The molecule has 0 fully saturated rings. The molecular formula is C19H23ClN2S. The molecule has 0 saturated carbocycles. The monoisotopic (exact) mass is 346 g/mol. The van der Waals surface area contributed by atoms with Crippen molar-refractivity contribution < 1.29 is 0 Å². The molecule has 0 saturated heterocycles. The quantitative estimate of drug-likeness (QED) is 0.744. The Morgan fingerprint density at radius 3 is 2.13 bits per heavy atom. The number of fused-ring (bicyclic) bond motifs is 2. The fraction of sp³-hybridized carbons (Fsp3) is 0.316. The summed E-state index contributed by atoms with van der Waals surface area (Å²) in [7, 11) is 14.8. The number of hydrogen-bond donors (Lipinski definition) is 0. The highest BCUT2D eigenvalue weighted by molar-refractivity contribution is 8.29. The molecule has 2 aromatic rings. The van der Waals surface area contributed by atoms with E-state index < -0.39 is 9.70 Å². The topological polar surface area (TPSA) is 6.48 Å². The van der Waals surface area contributed by atoms with Gasteiger partial charge >= 0.3 is 0 Å². The number of rotatable bonds is 2. The summed E-state index contributed by atoms with van der Waals surface area (Å²) in [6, 6.07) is 11.1. The van der Waals surface area contributed by atoms with Crippen LogP contribution < -0.4 is 15.0 Å². The van der Waals surface area contributed by atoms with E-state index in [1.807, 2.05) is 0 Å². The van der Waals surface area contributed by atoms with Crippen molar-refractivity contribution in [2.75, 3.05) is 38.0 Å². The first-order chi connectivity index (χ1) is 10.8. The first-order valence-corrected chi connectivity index (χ1v) is 9.74. The molecule has 0 N–H and O–H groups in total. The van der Waals surface area contributed by atoms with E-state index in [1.54, 1.807) is 0 Å². The van der Waals surface area contributed by atoms with E-state index >= 15 is 0 Å². The maximum Gasteiger partial charge on any atom is 0.0375 e. The lowest BCUT2D eigenvalue weighted by Gasteiger charge is -2.23. The Balaban J connectivity index is 2.41. The van der Waals surface area contributed by atoms with Crippen molar-refractivity contribution in [3.63, 3.8) is 0 Å². The summed E-state index contributed by atoms with van der Waals surface area (Å²) in [6.07, 6.45) is 0. The number of anilines is 2. The van der Waals surface area contributed by atoms with E-state index in [0.717, 1.165) is 0 Å². The Bertz CT molecular complexity index is 914. The Labute approximate surface area is 145 Å². The molecule has 1 unspecified atom stereocenters. The van der Waals surface area contributed by atoms with E-state index in [1.165, 1.54) is 42.7 Å². The van der Waals surface area contributed by atoms with Gasteiger partial charge in [0.25, 0.3) is 0 Å². The van der Waals surface area contributed by atoms with Crippen molar-refractivity contribution in [2.24, 2.45) is 0 Å². The van der Waals surface area contributed by atoms with Crippen LogP contribution in [0.25, 0.3) is 5.57 Å². The van der Waals surface area contributed by atoms with Gasteiger partial charge in [0.2, 0.25) is 0 Å². The zero-order chi connectivity index (χ0) is 16.9. The molecule has 3 rings (SSSR count). The molecule has 0 spiro atoms. The van der Waals surface area contributed by atoms with Crippen LogP contribution in [0.4, 0.5) is 11.4 Å². The average molecular weight is 347 g/mol. The van der Waals surface area contributed by atoms with Crippen LogP contribution in [-0.4, -0.2) is 28.2 Å². The van der Waals surface area contributed by atoms with Gasteiger partial charge in [0.05, 0.1) is 0 Å². The molecule has 1 aliphatic rings. The zero-order valence-electron chi connectivity index (χ0n) is 14.6. The van der Waals surface area contributed by atoms with Crippen LogP contribution in [0.3, 0.4) is 0 Å². The fourth-order valence-corrected chi connectivity index (χ4v) is 5.46. The van der Waals surface area contributed by atoms with Gasteiger partial charge in [-0.2, -0.15) is 0 Å². The van der Waals surface area contributed by atoms with Crippen LogP contribution in [-0.2, 0) is 0 Å². The molecule has 0 amide bonds. The minimum atomic E-state index is -0.427. The van der Waals surface area contributed by atoms with Crippen LogP contribution >= 0.6 is 20.4 Å². The number of hydrogen-bond acceptors (Lipinski definition) is 2. The molecule has 0 aliphatic carbocycles. The standard InChI is InChI=1S/C19H23ClN2S/c1-12-9-15(22(5)6)11-18-19(12)13(2)16-8-7-14(21(3)4)10-17(16)23(18)20/h7-11H,1-6H3. The number of nitrogens with zero attached hydrogens (tertiary/aromatic N) is 2. The van der Waals surface area contributed by atoms with Gasteiger partial charge in [0.1, 0.15) is 0 Å². The summed E-state index contributed by atoms with van der Waals surface area (Å²) in [5.41, 5.74) is 6.34. The molecule has 2 aromatic carbocycles. The normalized spacial score (nSPS) is 16.0. The lowest BCUT2D eigenvalue weighted by molar-refractivity contribution is 1.11. The Kier molecular flexibility index (Phi) is 4.19. The van der Waals surface area contributed by atoms with Gasteiger partial charge < -0.3 is 9.80 Å². The van der Waals surface area contributed by atoms with Gasteiger partial charge in [-0.25, -0.2) is 0 Å². The summed E-state index contributed by atoms with van der Waals surface area (Å²) in [6.45, 7) is 4.39. The van der Waals surface area contributed by atoms with Crippen LogP contribution in [0, 0.1) is 11.4 Å². The van der Waals surface area contributed by atoms with Crippen LogP contribution in [0.1, 0.15) is 18.1 Å². The predicted octanol–water partition coefficient (Wildman–Crippen LogP) is 4.39. The maximum absolute atomic E-state index is 6.95. The van der Waals surface area contributed by atoms with Gasteiger partial charge in [0, 0.05) is 49.0 Å². The first kappa shape index (κ1) is 16.4. The lowest BCUT2D eigenvalue weighted by Crippen LogP contribution is -2.16. The summed E-state index contributed by atoms with van der Waals surface area (Å²) >= 11 is 0. The van der Waals surface area contributed by atoms with Crippen molar-refractivity contribution in [3.8, 4) is 0 Å². The first-order valence-electron chi connectivity index (χ1n) is 7.69. The Morgan fingerprint density at radius 1 is 0.870 bits per heavy atom. The predicted molar refractivity (Wildman–Crippen MR) is 105 cm³/mol. The highest BCUT2D eigenvalue weighted by atomic mass is 35.7. The second kappa shape index (κ2) is 5.88. The maximum atomic E-state index is 6.95.